The fourth-order valence-electron chi connectivity index (χ4n) is 3.15. The normalized spacial score (nSPS) is 12.5. The zero-order valence-corrected chi connectivity index (χ0v) is 16.8. The number of pyridine rings is 1. The molecule has 0 aliphatic rings. The van der Waals surface area contributed by atoms with Crippen molar-refractivity contribution in [1.29, 1.82) is 0 Å². The van der Waals surface area contributed by atoms with Crippen LogP contribution < -0.4 is 9.47 Å². The molecule has 5 heteroatoms. The lowest BCUT2D eigenvalue weighted by Crippen LogP contribution is -2.26. The first-order chi connectivity index (χ1) is 12.5. The molecule has 26 heavy (non-hydrogen) atoms. The van der Waals surface area contributed by atoms with E-state index < -0.39 is 0 Å². The first kappa shape index (κ1) is 20.2. The van der Waals surface area contributed by atoms with Gasteiger partial charge >= 0.3 is 0 Å². The highest BCUT2D eigenvalue weighted by Gasteiger charge is 2.25. The molecule has 1 atom stereocenters. The van der Waals surface area contributed by atoms with Gasteiger partial charge in [-0.2, -0.15) is 0 Å². The molecule has 2 rings (SSSR count). The highest BCUT2D eigenvalue weighted by molar-refractivity contribution is 5.53. The van der Waals surface area contributed by atoms with E-state index >= 15 is 0 Å². The van der Waals surface area contributed by atoms with Crippen LogP contribution in [0.5, 0.6) is 11.5 Å². The van der Waals surface area contributed by atoms with Crippen molar-refractivity contribution in [3.8, 4) is 11.5 Å². The SMILES string of the molecule is CCN(C)C(c1ccncc1)c1cc(CCN(C)C)cc(OC)c1OC. The van der Waals surface area contributed by atoms with Gasteiger partial charge in [0.15, 0.2) is 11.5 Å². The first-order valence-corrected chi connectivity index (χ1v) is 9.01. The van der Waals surface area contributed by atoms with E-state index in [1.807, 2.05) is 12.4 Å². The van der Waals surface area contributed by atoms with E-state index in [9.17, 15) is 0 Å². The summed E-state index contributed by atoms with van der Waals surface area (Å²) < 4.78 is 11.4. The number of aromatic nitrogens is 1. The van der Waals surface area contributed by atoms with Crippen molar-refractivity contribution in [2.45, 2.75) is 19.4 Å². The van der Waals surface area contributed by atoms with Crippen molar-refractivity contribution >= 4 is 0 Å². The van der Waals surface area contributed by atoms with Crippen LogP contribution in [0, 0.1) is 0 Å². The first-order valence-electron chi connectivity index (χ1n) is 9.01. The fraction of sp³-hybridized carbons (Fsp3) is 0.476. The molecular formula is C21H31N3O2. The van der Waals surface area contributed by atoms with Crippen LogP contribution in [0.3, 0.4) is 0 Å². The maximum absolute atomic E-state index is 5.77. The Morgan fingerprint density at radius 1 is 1.04 bits per heavy atom. The smallest absolute Gasteiger partial charge is 0.165 e. The average molecular weight is 357 g/mol. The molecule has 0 aliphatic heterocycles. The molecule has 142 valence electrons. The number of likely N-dealkylation sites (N-methyl/N-ethyl adjacent to an activating group) is 1. The Kier molecular flexibility index (Phi) is 7.42. The molecule has 0 amide bonds. The Morgan fingerprint density at radius 3 is 2.27 bits per heavy atom. The zero-order valence-electron chi connectivity index (χ0n) is 16.8. The topological polar surface area (TPSA) is 37.8 Å². The maximum Gasteiger partial charge on any atom is 0.165 e. The Balaban J connectivity index is 2.59. The lowest BCUT2D eigenvalue weighted by Gasteiger charge is -2.30. The second-order valence-corrected chi connectivity index (χ2v) is 6.73. The van der Waals surface area contributed by atoms with Crippen molar-refractivity contribution in [1.82, 2.24) is 14.8 Å². The predicted octanol–water partition coefficient (Wildman–Crippen LogP) is 3.24. The highest BCUT2D eigenvalue weighted by atomic mass is 16.5. The number of rotatable bonds is 9. The minimum absolute atomic E-state index is 0.0751. The molecule has 1 unspecified atom stereocenters. The van der Waals surface area contributed by atoms with Crippen molar-refractivity contribution in [2.24, 2.45) is 0 Å². The van der Waals surface area contributed by atoms with E-state index in [-0.39, 0.29) is 6.04 Å². The van der Waals surface area contributed by atoms with E-state index in [4.69, 9.17) is 9.47 Å². The minimum atomic E-state index is 0.0751. The molecule has 0 aliphatic carbocycles. The average Bonchev–Trinajstić information content (AvgIpc) is 2.66. The van der Waals surface area contributed by atoms with Gasteiger partial charge in [0.05, 0.1) is 20.3 Å². The molecule has 1 aromatic carbocycles. The third kappa shape index (κ3) is 4.74. The van der Waals surface area contributed by atoms with Crippen LogP contribution in [0.4, 0.5) is 0 Å². The summed E-state index contributed by atoms with van der Waals surface area (Å²) in [6.45, 7) is 4.06. The fourth-order valence-corrected chi connectivity index (χ4v) is 3.15. The van der Waals surface area contributed by atoms with Crippen molar-refractivity contribution < 1.29 is 9.47 Å². The third-order valence-electron chi connectivity index (χ3n) is 4.67. The number of benzene rings is 1. The van der Waals surface area contributed by atoms with Gasteiger partial charge in [-0.3, -0.25) is 9.88 Å². The van der Waals surface area contributed by atoms with Crippen LogP contribution in [-0.4, -0.2) is 63.2 Å². The summed E-state index contributed by atoms with van der Waals surface area (Å²) in [5.41, 5.74) is 3.56. The van der Waals surface area contributed by atoms with Gasteiger partial charge in [0.1, 0.15) is 0 Å². The lowest BCUT2D eigenvalue weighted by atomic mass is 9.94. The largest absolute Gasteiger partial charge is 0.493 e. The van der Waals surface area contributed by atoms with Crippen LogP contribution in [-0.2, 0) is 6.42 Å². The number of hydrogen-bond donors (Lipinski definition) is 0. The Bertz CT molecular complexity index is 689. The molecule has 0 fully saturated rings. The number of hydrogen-bond acceptors (Lipinski definition) is 5. The quantitative estimate of drug-likeness (QED) is 0.689. The van der Waals surface area contributed by atoms with Gasteiger partial charge in [-0.05, 0) is 69.5 Å². The summed E-state index contributed by atoms with van der Waals surface area (Å²) in [4.78, 5) is 8.67. The van der Waals surface area contributed by atoms with Gasteiger partial charge < -0.3 is 14.4 Å². The zero-order chi connectivity index (χ0) is 19.1. The summed E-state index contributed by atoms with van der Waals surface area (Å²) in [5.74, 6) is 1.57. The molecule has 0 saturated carbocycles. The van der Waals surface area contributed by atoms with E-state index in [1.165, 1.54) is 11.1 Å². The van der Waals surface area contributed by atoms with Crippen LogP contribution in [0.2, 0.25) is 0 Å². The summed E-state index contributed by atoms with van der Waals surface area (Å²) in [6.07, 6.45) is 4.64. The maximum atomic E-state index is 5.77. The van der Waals surface area contributed by atoms with Gasteiger partial charge in [0, 0.05) is 24.5 Å². The monoisotopic (exact) mass is 357 g/mol. The molecule has 1 aromatic heterocycles. The van der Waals surface area contributed by atoms with Gasteiger partial charge in [0.25, 0.3) is 0 Å². The molecule has 2 aromatic rings. The van der Waals surface area contributed by atoms with E-state index in [0.717, 1.165) is 36.6 Å². The van der Waals surface area contributed by atoms with E-state index in [2.05, 4.69) is 67.1 Å². The Labute approximate surface area is 157 Å². The van der Waals surface area contributed by atoms with Gasteiger partial charge in [-0.15, -0.1) is 0 Å². The second kappa shape index (κ2) is 9.55. The molecule has 0 bridgehead atoms. The van der Waals surface area contributed by atoms with Gasteiger partial charge in [0.2, 0.25) is 0 Å². The lowest BCUT2D eigenvalue weighted by molar-refractivity contribution is 0.280. The van der Waals surface area contributed by atoms with E-state index in [1.54, 1.807) is 14.2 Å². The van der Waals surface area contributed by atoms with Crippen LogP contribution in [0.25, 0.3) is 0 Å². The van der Waals surface area contributed by atoms with Crippen LogP contribution in [0.1, 0.15) is 29.7 Å². The standard InChI is InChI=1S/C21H31N3O2/c1-7-24(4)20(17-8-11-22-12-9-17)18-14-16(10-13-23(2)3)15-19(25-5)21(18)26-6/h8-9,11-12,14-15,20H,7,10,13H2,1-6H3. The van der Waals surface area contributed by atoms with Crippen molar-refractivity contribution in [2.75, 3.05) is 48.5 Å². The van der Waals surface area contributed by atoms with Crippen LogP contribution >= 0.6 is 0 Å². The summed E-state index contributed by atoms with van der Waals surface area (Å²) >= 11 is 0. The summed E-state index contributed by atoms with van der Waals surface area (Å²) in [6, 6.07) is 8.54. The summed E-state index contributed by atoms with van der Waals surface area (Å²) in [7, 11) is 9.71. The molecule has 0 spiro atoms. The van der Waals surface area contributed by atoms with Crippen molar-refractivity contribution in [3.63, 3.8) is 0 Å². The van der Waals surface area contributed by atoms with Gasteiger partial charge in [-0.25, -0.2) is 0 Å². The van der Waals surface area contributed by atoms with Crippen LogP contribution in [0.15, 0.2) is 36.7 Å². The molecule has 0 N–H and O–H groups in total. The minimum Gasteiger partial charge on any atom is -0.493 e. The number of nitrogens with zero attached hydrogens (tertiary/aromatic N) is 3. The molecule has 1 heterocycles. The number of ether oxygens (including phenoxy) is 2. The van der Waals surface area contributed by atoms with Gasteiger partial charge in [-0.1, -0.05) is 6.92 Å². The molecule has 0 radical (unpaired) electrons. The molecular weight excluding hydrogens is 326 g/mol. The van der Waals surface area contributed by atoms with Crippen molar-refractivity contribution in [3.05, 3.63) is 53.3 Å². The molecule has 0 saturated heterocycles. The Hall–Kier alpha value is -2.11. The second-order valence-electron chi connectivity index (χ2n) is 6.73. The Morgan fingerprint density at radius 2 is 1.73 bits per heavy atom. The van der Waals surface area contributed by atoms with E-state index in [0.29, 0.717) is 0 Å². The third-order valence-corrected chi connectivity index (χ3v) is 4.67. The molecule has 5 nitrogen and oxygen atoms in total. The summed E-state index contributed by atoms with van der Waals surface area (Å²) in [5, 5.41) is 0. The number of methoxy groups -OCH3 is 2. The predicted molar refractivity (Wildman–Crippen MR) is 106 cm³/mol. The highest BCUT2D eigenvalue weighted by Crippen LogP contribution is 2.40.